The number of nitrogens with two attached hydrogens (primary N) is 1. The Morgan fingerprint density at radius 1 is 1.33 bits per heavy atom. The Balaban J connectivity index is 2.13. The van der Waals surface area contributed by atoms with E-state index in [-0.39, 0.29) is 18.3 Å². The summed E-state index contributed by atoms with van der Waals surface area (Å²) in [7, 11) is 0. The summed E-state index contributed by atoms with van der Waals surface area (Å²) in [5.41, 5.74) is 7.64. The van der Waals surface area contributed by atoms with Gasteiger partial charge in [-0.2, -0.15) is 0 Å². The Labute approximate surface area is 126 Å². The van der Waals surface area contributed by atoms with Crippen LogP contribution in [-0.2, 0) is 6.61 Å². The molecule has 0 fully saturated rings. The van der Waals surface area contributed by atoms with Crippen LogP contribution in [0, 0.1) is 12.7 Å². The Bertz CT molecular complexity index is 689. The number of amidine groups is 1. The standard InChI is InChI=1S/C15H14ClFN2O2/c1-9-6-12(17)4-2-11(9)8-21-14-5-3-10(7-13(14)16)15(18)19-20/h2-7,20H,8H2,1H3,(H2,18,19). The normalized spacial score (nSPS) is 11.5. The van der Waals surface area contributed by atoms with Crippen molar-refractivity contribution < 1.29 is 14.3 Å². The molecular weight excluding hydrogens is 295 g/mol. The Hall–Kier alpha value is -2.27. The van der Waals surface area contributed by atoms with E-state index in [0.29, 0.717) is 16.3 Å². The summed E-state index contributed by atoms with van der Waals surface area (Å²) in [5.74, 6) is 0.158. The number of oxime groups is 1. The Morgan fingerprint density at radius 2 is 2.10 bits per heavy atom. The summed E-state index contributed by atoms with van der Waals surface area (Å²) in [6, 6.07) is 9.31. The molecule has 0 unspecified atom stereocenters. The van der Waals surface area contributed by atoms with Crippen LogP contribution >= 0.6 is 11.6 Å². The first-order valence-corrected chi connectivity index (χ1v) is 6.54. The molecule has 0 aliphatic rings. The fourth-order valence-corrected chi connectivity index (χ4v) is 2.05. The van der Waals surface area contributed by atoms with Gasteiger partial charge in [-0.25, -0.2) is 4.39 Å². The van der Waals surface area contributed by atoms with Gasteiger partial charge in [-0.05, 0) is 48.4 Å². The fourth-order valence-electron chi connectivity index (χ4n) is 1.81. The molecule has 21 heavy (non-hydrogen) atoms. The maximum Gasteiger partial charge on any atom is 0.170 e. The van der Waals surface area contributed by atoms with Gasteiger partial charge in [0, 0.05) is 5.56 Å². The molecular formula is C15H14ClFN2O2. The third kappa shape index (κ3) is 3.64. The zero-order valence-corrected chi connectivity index (χ0v) is 12.1. The van der Waals surface area contributed by atoms with Gasteiger partial charge in [0.15, 0.2) is 5.84 Å². The SMILES string of the molecule is Cc1cc(F)ccc1COc1ccc(/C(N)=N/O)cc1Cl. The molecule has 110 valence electrons. The van der Waals surface area contributed by atoms with Crippen LogP contribution in [0.1, 0.15) is 16.7 Å². The minimum Gasteiger partial charge on any atom is -0.487 e. The van der Waals surface area contributed by atoms with Crippen LogP contribution in [0.5, 0.6) is 5.75 Å². The number of aryl methyl sites for hydroxylation is 1. The van der Waals surface area contributed by atoms with E-state index in [1.54, 1.807) is 24.3 Å². The summed E-state index contributed by atoms with van der Waals surface area (Å²) < 4.78 is 18.6. The average Bonchev–Trinajstić information content (AvgIpc) is 2.46. The number of hydrogen-bond donors (Lipinski definition) is 2. The number of hydrogen-bond acceptors (Lipinski definition) is 3. The van der Waals surface area contributed by atoms with Crippen molar-refractivity contribution >= 4 is 17.4 Å². The van der Waals surface area contributed by atoms with Crippen molar-refractivity contribution in [1.29, 1.82) is 0 Å². The Kier molecular flexibility index (Phi) is 4.65. The number of nitrogens with zero attached hydrogens (tertiary/aromatic N) is 1. The smallest absolute Gasteiger partial charge is 0.170 e. The van der Waals surface area contributed by atoms with Gasteiger partial charge in [0.1, 0.15) is 18.2 Å². The summed E-state index contributed by atoms with van der Waals surface area (Å²) in [4.78, 5) is 0. The predicted octanol–water partition coefficient (Wildman–Crippen LogP) is 3.46. The quantitative estimate of drug-likeness (QED) is 0.393. The zero-order valence-electron chi connectivity index (χ0n) is 11.3. The molecule has 0 radical (unpaired) electrons. The summed E-state index contributed by atoms with van der Waals surface area (Å²) in [6.45, 7) is 2.08. The van der Waals surface area contributed by atoms with Gasteiger partial charge in [0.2, 0.25) is 0 Å². The molecule has 0 aromatic heterocycles. The highest BCUT2D eigenvalue weighted by Gasteiger charge is 2.07. The first kappa shape index (κ1) is 15.1. The highest BCUT2D eigenvalue weighted by molar-refractivity contribution is 6.32. The molecule has 2 aromatic carbocycles. The lowest BCUT2D eigenvalue weighted by atomic mass is 10.1. The highest BCUT2D eigenvalue weighted by atomic mass is 35.5. The lowest BCUT2D eigenvalue weighted by Crippen LogP contribution is -2.12. The minimum absolute atomic E-state index is 0.0298. The van der Waals surface area contributed by atoms with E-state index in [4.69, 9.17) is 27.3 Å². The van der Waals surface area contributed by atoms with Crippen LogP contribution in [0.2, 0.25) is 5.02 Å². The number of halogens is 2. The van der Waals surface area contributed by atoms with Gasteiger partial charge in [0.05, 0.1) is 5.02 Å². The van der Waals surface area contributed by atoms with E-state index in [1.807, 2.05) is 6.92 Å². The van der Waals surface area contributed by atoms with Crippen molar-refractivity contribution in [2.24, 2.45) is 10.9 Å². The second-order valence-corrected chi connectivity index (χ2v) is 4.90. The van der Waals surface area contributed by atoms with Crippen LogP contribution < -0.4 is 10.5 Å². The average molecular weight is 309 g/mol. The zero-order chi connectivity index (χ0) is 15.4. The summed E-state index contributed by atoms with van der Waals surface area (Å²) in [6.07, 6.45) is 0. The maximum absolute atomic E-state index is 13.0. The second kappa shape index (κ2) is 6.45. The molecule has 0 saturated carbocycles. The van der Waals surface area contributed by atoms with Crippen molar-refractivity contribution in [3.63, 3.8) is 0 Å². The van der Waals surface area contributed by atoms with E-state index < -0.39 is 0 Å². The third-order valence-corrected chi connectivity index (χ3v) is 3.32. The summed E-state index contributed by atoms with van der Waals surface area (Å²) in [5, 5.41) is 11.9. The molecule has 4 nitrogen and oxygen atoms in total. The third-order valence-electron chi connectivity index (χ3n) is 3.02. The van der Waals surface area contributed by atoms with Crippen LogP contribution in [0.3, 0.4) is 0 Å². The molecule has 0 heterocycles. The van der Waals surface area contributed by atoms with E-state index >= 15 is 0 Å². The van der Waals surface area contributed by atoms with E-state index in [1.165, 1.54) is 12.1 Å². The molecule has 0 amide bonds. The van der Waals surface area contributed by atoms with E-state index in [9.17, 15) is 4.39 Å². The van der Waals surface area contributed by atoms with Gasteiger partial charge in [-0.1, -0.05) is 22.8 Å². The molecule has 2 aromatic rings. The molecule has 2 rings (SSSR count). The van der Waals surface area contributed by atoms with E-state index in [2.05, 4.69) is 5.16 Å². The topological polar surface area (TPSA) is 67.8 Å². The van der Waals surface area contributed by atoms with Gasteiger partial charge in [-0.15, -0.1) is 0 Å². The van der Waals surface area contributed by atoms with Crippen LogP contribution in [0.25, 0.3) is 0 Å². The van der Waals surface area contributed by atoms with Gasteiger partial charge < -0.3 is 15.7 Å². The first-order valence-electron chi connectivity index (χ1n) is 6.16. The molecule has 6 heteroatoms. The molecule has 3 N–H and O–H groups in total. The van der Waals surface area contributed by atoms with Crippen molar-refractivity contribution in [2.45, 2.75) is 13.5 Å². The molecule has 0 aliphatic carbocycles. The number of benzene rings is 2. The van der Waals surface area contributed by atoms with Gasteiger partial charge >= 0.3 is 0 Å². The molecule has 0 bridgehead atoms. The highest BCUT2D eigenvalue weighted by Crippen LogP contribution is 2.26. The van der Waals surface area contributed by atoms with Crippen molar-refractivity contribution in [3.8, 4) is 5.75 Å². The predicted molar refractivity (Wildman–Crippen MR) is 79.4 cm³/mol. The lowest BCUT2D eigenvalue weighted by molar-refractivity contribution is 0.305. The monoisotopic (exact) mass is 308 g/mol. The first-order chi connectivity index (χ1) is 10.0. The minimum atomic E-state index is -0.280. The van der Waals surface area contributed by atoms with Gasteiger partial charge in [-0.3, -0.25) is 0 Å². The number of rotatable bonds is 4. The number of ether oxygens (including phenoxy) is 1. The molecule has 0 spiro atoms. The van der Waals surface area contributed by atoms with Crippen LogP contribution in [0.4, 0.5) is 4.39 Å². The second-order valence-electron chi connectivity index (χ2n) is 4.49. The molecule has 0 aliphatic heterocycles. The Morgan fingerprint density at radius 3 is 2.71 bits per heavy atom. The molecule has 0 atom stereocenters. The van der Waals surface area contributed by atoms with Crippen LogP contribution in [-0.4, -0.2) is 11.0 Å². The summed E-state index contributed by atoms with van der Waals surface area (Å²) >= 11 is 6.08. The van der Waals surface area contributed by atoms with Crippen LogP contribution in [0.15, 0.2) is 41.6 Å². The molecule has 0 saturated heterocycles. The van der Waals surface area contributed by atoms with Crippen molar-refractivity contribution in [1.82, 2.24) is 0 Å². The maximum atomic E-state index is 13.0. The van der Waals surface area contributed by atoms with Crippen molar-refractivity contribution in [2.75, 3.05) is 0 Å². The largest absolute Gasteiger partial charge is 0.487 e. The fraction of sp³-hybridized carbons (Fsp3) is 0.133. The van der Waals surface area contributed by atoms with Crippen molar-refractivity contribution in [3.05, 3.63) is 63.9 Å². The lowest BCUT2D eigenvalue weighted by Gasteiger charge is -2.11. The van der Waals surface area contributed by atoms with Gasteiger partial charge in [0.25, 0.3) is 0 Å². The van der Waals surface area contributed by atoms with E-state index in [0.717, 1.165) is 11.1 Å².